The third kappa shape index (κ3) is 7.49. The third-order valence-electron chi connectivity index (χ3n) is 4.33. The van der Waals surface area contributed by atoms with Gasteiger partial charge in [-0.15, -0.1) is 0 Å². The summed E-state index contributed by atoms with van der Waals surface area (Å²) in [6.07, 6.45) is -1.27. The molecule has 1 fully saturated rings. The number of nitrogens with one attached hydrogen (secondary N) is 2. The summed E-state index contributed by atoms with van der Waals surface area (Å²) in [5, 5.41) is 6.45. The highest BCUT2D eigenvalue weighted by molar-refractivity contribution is 5.80. The SMILES string of the molecule is CCNC(=NCCCN(C)CC(F)(F)F)NC1CCN(c2ncccc2F)C1. The van der Waals surface area contributed by atoms with Crippen molar-refractivity contribution in [3.8, 4) is 0 Å². The Hall–Kier alpha value is -2.10. The van der Waals surface area contributed by atoms with E-state index in [1.165, 1.54) is 18.0 Å². The first kappa shape index (κ1) is 22.2. The van der Waals surface area contributed by atoms with Crippen molar-refractivity contribution in [3.63, 3.8) is 0 Å². The molecule has 28 heavy (non-hydrogen) atoms. The average molecular weight is 404 g/mol. The highest BCUT2D eigenvalue weighted by atomic mass is 19.4. The summed E-state index contributed by atoms with van der Waals surface area (Å²) in [5.74, 6) is 0.627. The zero-order valence-electron chi connectivity index (χ0n) is 16.3. The summed E-state index contributed by atoms with van der Waals surface area (Å²) in [6, 6.07) is 3.05. The summed E-state index contributed by atoms with van der Waals surface area (Å²) in [7, 11) is 1.45. The molecule has 6 nitrogen and oxygen atoms in total. The van der Waals surface area contributed by atoms with Crippen molar-refractivity contribution < 1.29 is 17.6 Å². The number of guanidine groups is 1. The molecular weight excluding hydrogens is 376 g/mol. The summed E-state index contributed by atoms with van der Waals surface area (Å²) in [6.45, 7) is 3.72. The third-order valence-corrected chi connectivity index (χ3v) is 4.33. The molecule has 1 aliphatic heterocycles. The van der Waals surface area contributed by atoms with Crippen LogP contribution in [-0.4, -0.2) is 74.4 Å². The number of hydrogen-bond donors (Lipinski definition) is 2. The average Bonchev–Trinajstić information content (AvgIpc) is 3.06. The second-order valence-electron chi connectivity index (χ2n) is 6.85. The number of aromatic nitrogens is 1. The van der Waals surface area contributed by atoms with Gasteiger partial charge in [0, 0.05) is 38.4 Å². The van der Waals surface area contributed by atoms with E-state index < -0.39 is 12.7 Å². The highest BCUT2D eigenvalue weighted by Gasteiger charge is 2.29. The van der Waals surface area contributed by atoms with Crippen LogP contribution in [0.4, 0.5) is 23.4 Å². The van der Waals surface area contributed by atoms with Crippen molar-refractivity contribution in [3.05, 3.63) is 24.1 Å². The Morgan fingerprint density at radius 3 is 2.89 bits per heavy atom. The lowest BCUT2D eigenvalue weighted by atomic mass is 10.3. The standard InChI is InChI=1S/C18H28F4N6/c1-3-23-17(25-9-5-10-27(2)13-18(20,21)22)26-14-7-11-28(12-14)16-15(19)6-4-8-24-16/h4,6,8,14H,3,5,7,9-13H2,1-2H3,(H2,23,25,26). The summed E-state index contributed by atoms with van der Waals surface area (Å²) in [5.41, 5.74) is 0. The Balaban J connectivity index is 1.80. The van der Waals surface area contributed by atoms with Gasteiger partial charge in [-0.1, -0.05) is 0 Å². The van der Waals surface area contributed by atoms with Crippen molar-refractivity contribution >= 4 is 11.8 Å². The molecule has 1 saturated heterocycles. The van der Waals surface area contributed by atoms with Gasteiger partial charge in [-0.2, -0.15) is 13.2 Å². The Bertz CT molecular complexity index is 637. The lowest BCUT2D eigenvalue weighted by Crippen LogP contribution is -2.44. The molecule has 1 aromatic rings. The molecule has 10 heteroatoms. The molecule has 0 aromatic carbocycles. The van der Waals surface area contributed by atoms with E-state index in [1.54, 1.807) is 12.3 Å². The van der Waals surface area contributed by atoms with E-state index >= 15 is 0 Å². The fourth-order valence-electron chi connectivity index (χ4n) is 3.11. The quantitative estimate of drug-likeness (QED) is 0.301. The number of halogens is 4. The van der Waals surface area contributed by atoms with Crippen molar-refractivity contribution in [2.75, 3.05) is 51.2 Å². The second-order valence-corrected chi connectivity index (χ2v) is 6.85. The number of rotatable bonds is 8. The van der Waals surface area contributed by atoms with Crippen LogP contribution in [0.2, 0.25) is 0 Å². The maximum Gasteiger partial charge on any atom is 0.401 e. The fraction of sp³-hybridized carbons (Fsp3) is 0.667. The summed E-state index contributed by atoms with van der Waals surface area (Å²) < 4.78 is 50.9. The smallest absolute Gasteiger partial charge is 0.357 e. The monoisotopic (exact) mass is 404 g/mol. The molecule has 0 amide bonds. The molecule has 2 rings (SSSR count). The number of anilines is 1. The van der Waals surface area contributed by atoms with Gasteiger partial charge in [0.1, 0.15) is 0 Å². The van der Waals surface area contributed by atoms with E-state index in [0.29, 0.717) is 50.9 Å². The van der Waals surface area contributed by atoms with E-state index in [4.69, 9.17) is 0 Å². The summed E-state index contributed by atoms with van der Waals surface area (Å²) >= 11 is 0. The van der Waals surface area contributed by atoms with E-state index in [-0.39, 0.29) is 11.9 Å². The van der Waals surface area contributed by atoms with Gasteiger partial charge in [0.2, 0.25) is 0 Å². The molecule has 0 saturated carbocycles. The molecule has 0 radical (unpaired) electrons. The second kappa shape index (κ2) is 10.4. The molecule has 2 N–H and O–H groups in total. The zero-order valence-corrected chi connectivity index (χ0v) is 16.3. The van der Waals surface area contributed by atoms with Crippen molar-refractivity contribution in [1.82, 2.24) is 20.5 Å². The number of alkyl halides is 3. The van der Waals surface area contributed by atoms with Crippen LogP contribution in [0.15, 0.2) is 23.3 Å². The number of aliphatic imine (C=N–C) groups is 1. The topological polar surface area (TPSA) is 55.8 Å². The maximum atomic E-state index is 13.9. The maximum absolute atomic E-state index is 13.9. The first-order valence-electron chi connectivity index (χ1n) is 9.44. The van der Waals surface area contributed by atoms with Crippen LogP contribution in [0.1, 0.15) is 19.8 Å². The Labute approximate surface area is 163 Å². The lowest BCUT2D eigenvalue weighted by molar-refractivity contribution is -0.143. The number of nitrogens with zero attached hydrogens (tertiary/aromatic N) is 4. The van der Waals surface area contributed by atoms with Crippen molar-refractivity contribution in [1.29, 1.82) is 0 Å². The van der Waals surface area contributed by atoms with Gasteiger partial charge in [0.15, 0.2) is 17.6 Å². The molecular formula is C18H28F4N6. The van der Waals surface area contributed by atoms with Crippen LogP contribution >= 0.6 is 0 Å². The minimum Gasteiger partial charge on any atom is -0.357 e. The number of hydrogen-bond acceptors (Lipinski definition) is 4. The molecule has 1 unspecified atom stereocenters. The zero-order chi connectivity index (χ0) is 20.6. The van der Waals surface area contributed by atoms with Crippen molar-refractivity contribution in [2.45, 2.75) is 32.0 Å². The molecule has 0 spiro atoms. The Morgan fingerprint density at radius 1 is 1.43 bits per heavy atom. The fourth-order valence-corrected chi connectivity index (χ4v) is 3.11. The largest absolute Gasteiger partial charge is 0.401 e. The van der Waals surface area contributed by atoms with Crippen LogP contribution in [0, 0.1) is 5.82 Å². The van der Waals surface area contributed by atoms with Gasteiger partial charge in [0.05, 0.1) is 6.54 Å². The van der Waals surface area contributed by atoms with Gasteiger partial charge in [-0.25, -0.2) is 9.37 Å². The van der Waals surface area contributed by atoms with E-state index in [2.05, 4.69) is 20.6 Å². The van der Waals surface area contributed by atoms with Crippen molar-refractivity contribution in [2.24, 2.45) is 4.99 Å². The van der Waals surface area contributed by atoms with Gasteiger partial charge >= 0.3 is 6.18 Å². The molecule has 0 bridgehead atoms. The minimum atomic E-state index is -4.18. The Morgan fingerprint density at radius 2 is 2.21 bits per heavy atom. The Kier molecular flexibility index (Phi) is 8.28. The van der Waals surface area contributed by atoms with Crippen LogP contribution in [0.3, 0.4) is 0 Å². The van der Waals surface area contributed by atoms with E-state index in [0.717, 1.165) is 6.42 Å². The molecule has 1 aliphatic rings. The van der Waals surface area contributed by atoms with Gasteiger partial charge < -0.3 is 15.5 Å². The highest BCUT2D eigenvalue weighted by Crippen LogP contribution is 2.20. The minimum absolute atomic E-state index is 0.0899. The number of pyridine rings is 1. The first-order chi connectivity index (χ1) is 13.3. The van der Waals surface area contributed by atoms with Gasteiger partial charge in [-0.3, -0.25) is 9.89 Å². The molecule has 158 valence electrons. The molecule has 0 aliphatic carbocycles. The first-order valence-corrected chi connectivity index (χ1v) is 9.44. The molecule has 1 aromatic heterocycles. The predicted octanol–water partition coefficient (Wildman–Crippen LogP) is 2.24. The van der Waals surface area contributed by atoms with E-state index in [1.807, 2.05) is 11.8 Å². The molecule has 1 atom stereocenters. The summed E-state index contributed by atoms with van der Waals surface area (Å²) in [4.78, 5) is 11.7. The van der Waals surface area contributed by atoms with Crippen LogP contribution < -0.4 is 15.5 Å². The lowest BCUT2D eigenvalue weighted by Gasteiger charge is -2.20. The van der Waals surface area contributed by atoms with Gasteiger partial charge in [-0.05, 0) is 45.5 Å². The van der Waals surface area contributed by atoms with E-state index in [9.17, 15) is 17.6 Å². The van der Waals surface area contributed by atoms with Crippen LogP contribution in [-0.2, 0) is 0 Å². The molecule has 2 heterocycles. The van der Waals surface area contributed by atoms with Crippen LogP contribution in [0.25, 0.3) is 0 Å². The normalized spacial score (nSPS) is 18.0. The predicted molar refractivity (Wildman–Crippen MR) is 102 cm³/mol. The van der Waals surface area contributed by atoms with Crippen LogP contribution in [0.5, 0.6) is 0 Å². The van der Waals surface area contributed by atoms with Gasteiger partial charge in [0.25, 0.3) is 0 Å².